The van der Waals surface area contributed by atoms with E-state index < -0.39 is 0 Å². The fourth-order valence-electron chi connectivity index (χ4n) is 3.52. The average molecular weight is 337 g/mol. The van der Waals surface area contributed by atoms with Crippen LogP contribution in [0.15, 0.2) is 48.7 Å². The summed E-state index contributed by atoms with van der Waals surface area (Å²) < 4.78 is 0. The van der Waals surface area contributed by atoms with Gasteiger partial charge in [0.1, 0.15) is 0 Å². The van der Waals surface area contributed by atoms with Gasteiger partial charge in [0.25, 0.3) is 0 Å². The van der Waals surface area contributed by atoms with E-state index in [-0.39, 0.29) is 0 Å². The Kier molecular flexibility index (Phi) is 4.60. The van der Waals surface area contributed by atoms with Gasteiger partial charge in [0, 0.05) is 41.0 Å². The van der Waals surface area contributed by atoms with Gasteiger partial charge < -0.3 is 5.32 Å². The van der Waals surface area contributed by atoms with Crippen molar-refractivity contribution in [2.24, 2.45) is 0 Å². The highest BCUT2D eigenvalue weighted by Gasteiger charge is 2.25. The molecule has 1 unspecified atom stereocenters. The molecule has 4 heteroatoms. The largest absolute Gasteiger partial charge is 0.315 e. The molecule has 124 valence electrons. The van der Waals surface area contributed by atoms with Crippen molar-refractivity contribution in [3.05, 3.63) is 64.0 Å². The van der Waals surface area contributed by atoms with Gasteiger partial charge in [-0.1, -0.05) is 18.2 Å². The summed E-state index contributed by atoms with van der Waals surface area (Å²) in [5.74, 6) is 0. The molecule has 1 aliphatic heterocycles. The molecule has 0 amide bonds. The Balaban J connectivity index is 1.77. The number of hydrogen-bond acceptors (Lipinski definition) is 4. The van der Waals surface area contributed by atoms with Gasteiger partial charge in [-0.3, -0.25) is 9.88 Å². The maximum absolute atomic E-state index is 4.71. The first-order valence-electron chi connectivity index (χ1n) is 8.67. The third kappa shape index (κ3) is 3.22. The Bertz CT molecular complexity index is 818. The van der Waals surface area contributed by atoms with E-state index in [1.54, 1.807) is 0 Å². The molecule has 0 spiro atoms. The quantitative estimate of drug-likeness (QED) is 0.783. The Morgan fingerprint density at radius 3 is 2.92 bits per heavy atom. The van der Waals surface area contributed by atoms with Gasteiger partial charge in [-0.05, 0) is 49.7 Å². The molecule has 1 aromatic carbocycles. The van der Waals surface area contributed by atoms with Crippen LogP contribution in [0.5, 0.6) is 0 Å². The van der Waals surface area contributed by atoms with Gasteiger partial charge in [0.2, 0.25) is 0 Å². The van der Waals surface area contributed by atoms with Crippen LogP contribution in [-0.2, 0) is 0 Å². The van der Waals surface area contributed by atoms with Gasteiger partial charge in [0.05, 0.1) is 11.6 Å². The Labute approximate surface area is 147 Å². The molecule has 4 rings (SSSR count). The molecule has 1 atom stereocenters. The molecule has 1 N–H and O–H groups in total. The maximum Gasteiger partial charge on any atom is 0.0711 e. The first-order valence-corrected chi connectivity index (χ1v) is 9.49. The molecular weight excluding hydrogens is 314 g/mol. The van der Waals surface area contributed by atoms with Crippen LogP contribution in [0.1, 0.15) is 27.8 Å². The number of fused-ring (bicyclic) bond motifs is 1. The molecule has 3 aromatic rings. The highest BCUT2D eigenvalue weighted by Crippen LogP contribution is 2.34. The van der Waals surface area contributed by atoms with Crippen molar-refractivity contribution >= 4 is 22.2 Å². The molecule has 0 saturated carbocycles. The fraction of sp³-hybridized carbons (Fsp3) is 0.350. The Hall–Kier alpha value is -1.75. The predicted molar refractivity (Wildman–Crippen MR) is 102 cm³/mol. The zero-order valence-electron chi connectivity index (χ0n) is 14.0. The number of rotatable bonds is 3. The lowest BCUT2D eigenvalue weighted by atomic mass is 10.0. The predicted octanol–water partition coefficient (Wildman–Crippen LogP) is 3.99. The summed E-state index contributed by atoms with van der Waals surface area (Å²) in [5.41, 5.74) is 2.37. The van der Waals surface area contributed by atoms with E-state index >= 15 is 0 Å². The van der Waals surface area contributed by atoms with Crippen LogP contribution in [0.2, 0.25) is 0 Å². The molecule has 1 fully saturated rings. The first-order chi connectivity index (χ1) is 11.8. The molecule has 0 radical (unpaired) electrons. The van der Waals surface area contributed by atoms with E-state index in [1.807, 2.05) is 11.3 Å². The average Bonchev–Trinajstić information content (AvgIpc) is 2.86. The van der Waals surface area contributed by atoms with Crippen molar-refractivity contribution in [2.75, 3.05) is 26.2 Å². The molecule has 24 heavy (non-hydrogen) atoms. The number of benzene rings is 1. The molecule has 3 nitrogen and oxygen atoms in total. The van der Waals surface area contributed by atoms with Crippen LogP contribution < -0.4 is 5.32 Å². The molecule has 1 aliphatic rings. The van der Waals surface area contributed by atoms with Gasteiger partial charge >= 0.3 is 0 Å². The van der Waals surface area contributed by atoms with Gasteiger partial charge in [-0.2, -0.15) is 0 Å². The van der Waals surface area contributed by atoms with Crippen molar-refractivity contribution in [3.63, 3.8) is 0 Å². The molecule has 1 saturated heterocycles. The van der Waals surface area contributed by atoms with Gasteiger partial charge in [-0.25, -0.2) is 0 Å². The number of aryl methyl sites for hydroxylation is 1. The molecule has 3 heterocycles. The van der Waals surface area contributed by atoms with Crippen LogP contribution in [-0.4, -0.2) is 36.1 Å². The normalized spacial score (nSPS) is 17.7. The van der Waals surface area contributed by atoms with Crippen LogP contribution >= 0.6 is 11.3 Å². The van der Waals surface area contributed by atoms with Crippen molar-refractivity contribution in [1.29, 1.82) is 0 Å². The lowest BCUT2D eigenvalue weighted by Crippen LogP contribution is -2.32. The number of aromatic nitrogens is 1. The van der Waals surface area contributed by atoms with E-state index in [1.165, 1.54) is 27.1 Å². The van der Waals surface area contributed by atoms with E-state index in [2.05, 4.69) is 65.8 Å². The second kappa shape index (κ2) is 7.01. The summed E-state index contributed by atoms with van der Waals surface area (Å²) in [6.07, 6.45) is 3.27. The van der Waals surface area contributed by atoms with Gasteiger partial charge in [0.15, 0.2) is 0 Å². The van der Waals surface area contributed by atoms with Crippen molar-refractivity contribution in [2.45, 2.75) is 19.4 Å². The molecular formula is C20H23N3S. The second-order valence-electron chi connectivity index (χ2n) is 6.45. The van der Waals surface area contributed by atoms with Crippen LogP contribution in [0.25, 0.3) is 10.9 Å². The number of nitrogens with zero attached hydrogens (tertiary/aromatic N) is 2. The Morgan fingerprint density at radius 2 is 2.04 bits per heavy atom. The monoisotopic (exact) mass is 337 g/mol. The fourth-order valence-corrected chi connectivity index (χ4v) is 4.56. The zero-order valence-corrected chi connectivity index (χ0v) is 14.9. The van der Waals surface area contributed by atoms with Crippen LogP contribution in [0.4, 0.5) is 0 Å². The van der Waals surface area contributed by atoms with E-state index in [0.29, 0.717) is 6.04 Å². The zero-order chi connectivity index (χ0) is 16.4. The number of pyridine rings is 1. The third-order valence-electron chi connectivity index (χ3n) is 4.70. The van der Waals surface area contributed by atoms with Gasteiger partial charge in [-0.15, -0.1) is 11.3 Å². The summed E-state index contributed by atoms with van der Waals surface area (Å²) in [6.45, 7) is 6.56. The summed E-state index contributed by atoms with van der Waals surface area (Å²) >= 11 is 1.91. The molecule has 2 aromatic heterocycles. The minimum absolute atomic E-state index is 0.306. The van der Waals surface area contributed by atoms with Crippen LogP contribution in [0, 0.1) is 6.92 Å². The molecule has 0 aliphatic carbocycles. The number of para-hydroxylation sites is 1. The third-order valence-corrected chi connectivity index (χ3v) is 5.75. The van der Waals surface area contributed by atoms with E-state index in [0.717, 1.165) is 31.7 Å². The number of nitrogens with one attached hydrogen (secondary N) is 1. The van der Waals surface area contributed by atoms with E-state index in [4.69, 9.17) is 4.98 Å². The summed E-state index contributed by atoms with van der Waals surface area (Å²) in [6, 6.07) is 15.5. The summed E-state index contributed by atoms with van der Waals surface area (Å²) in [4.78, 5) is 10.1. The van der Waals surface area contributed by atoms with E-state index in [9.17, 15) is 0 Å². The second-order valence-corrected chi connectivity index (χ2v) is 7.77. The minimum Gasteiger partial charge on any atom is -0.315 e. The Morgan fingerprint density at radius 1 is 1.12 bits per heavy atom. The lowest BCUT2D eigenvalue weighted by molar-refractivity contribution is 0.244. The standard InChI is InChI=1S/C20H23N3S/c1-15-7-8-19(24-15)20(23-11-4-9-21-10-12-23)17-13-16-5-2-3-6-18(16)22-14-17/h2-3,5-8,13-14,20-21H,4,9-12H2,1H3. The van der Waals surface area contributed by atoms with Crippen molar-refractivity contribution in [1.82, 2.24) is 15.2 Å². The topological polar surface area (TPSA) is 28.2 Å². The minimum atomic E-state index is 0.306. The number of hydrogen-bond donors (Lipinski definition) is 1. The summed E-state index contributed by atoms with van der Waals surface area (Å²) in [7, 11) is 0. The van der Waals surface area contributed by atoms with Crippen molar-refractivity contribution < 1.29 is 0 Å². The smallest absolute Gasteiger partial charge is 0.0711 e. The SMILES string of the molecule is Cc1ccc(C(c2cnc3ccccc3c2)N2CCCNCC2)s1. The molecule has 0 bridgehead atoms. The summed E-state index contributed by atoms with van der Waals surface area (Å²) in [5, 5.41) is 4.74. The maximum atomic E-state index is 4.71. The van der Waals surface area contributed by atoms with Crippen LogP contribution in [0.3, 0.4) is 0 Å². The lowest BCUT2D eigenvalue weighted by Gasteiger charge is -2.30. The number of thiophene rings is 1. The first kappa shape index (κ1) is 15.8. The highest BCUT2D eigenvalue weighted by atomic mass is 32.1. The highest BCUT2D eigenvalue weighted by molar-refractivity contribution is 7.12. The van der Waals surface area contributed by atoms with Crippen molar-refractivity contribution in [3.8, 4) is 0 Å².